The third-order valence-corrected chi connectivity index (χ3v) is 2.54. The Bertz CT molecular complexity index is 436. The molecule has 0 fully saturated rings. The quantitative estimate of drug-likeness (QED) is 0.449. The van der Waals surface area contributed by atoms with Crippen LogP contribution in [0, 0.1) is 5.92 Å². The van der Waals surface area contributed by atoms with Crippen molar-refractivity contribution in [2.75, 3.05) is 13.2 Å². The Morgan fingerprint density at radius 2 is 2.00 bits per heavy atom. The van der Waals surface area contributed by atoms with Crippen molar-refractivity contribution in [1.82, 2.24) is 5.32 Å². The second-order valence-corrected chi connectivity index (χ2v) is 4.94. The summed E-state index contributed by atoms with van der Waals surface area (Å²) in [5, 5.41) is 2.81. The van der Waals surface area contributed by atoms with Gasteiger partial charge in [0.05, 0.1) is 6.26 Å². The third-order valence-electron chi connectivity index (χ3n) is 2.54. The third kappa shape index (κ3) is 8.14. The normalized spacial score (nSPS) is 11.3. The number of hydrogen-bond acceptors (Lipinski definition) is 2. The summed E-state index contributed by atoms with van der Waals surface area (Å²) in [6, 6.07) is 10.2. The highest BCUT2D eigenvalue weighted by Crippen LogP contribution is 2.00. The fraction of sp³-hybridized carbons (Fsp3) is 0.353. The van der Waals surface area contributed by atoms with E-state index in [4.69, 9.17) is 4.74 Å². The van der Waals surface area contributed by atoms with Crippen LogP contribution in [0.15, 0.2) is 54.8 Å². The highest BCUT2D eigenvalue weighted by molar-refractivity contribution is 5.87. The van der Waals surface area contributed by atoms with Crippen LogP contribution in [0.3, 0.4) is 0 Å². The molecule has 1 aromatic carbocycles. The molecule has 20 heavy (non-hydrogen) atoms. The van der Waals surface area contributed by atoms with E-state index in [1.807, 2.05) is 24.3 Å². The predicted molar refractivity (Wildman–Crippen MR) is 82.2 cm³/mol. The van der Waals surface area contributed by atoms with Crippen LogP contribution in [0.1, 0.15) is 19.4 Å². The van der Waals surface area contributed by atoms with Crippen LogP contribution in [0.4, 0.5) is 0 Å². The van der Waals surface area contributed by atoms with E-state index >= 15 is 0 Å². The molecular formula is C17H23NO2. The lowest BCUT2D eigenvalue weighted by Crippen LogP contribution is -2.25. The van der Waals surface area contributed by atoms with Gasteiger partial charge in [0, 0.05) is 12.6 Å². The first-order valence-electron chi connectivity index (χ1n) is 6.93. The van der Waals surface area contributed by atoms with E-state index in [1.54, 1.807) is 12.3 Å². The Morgan fingerprint density at radius 3 is 2.70 bits per heavy atom. The molecule has 1 rings (SSSR count). The molecule has 1 aromatic rings. The van der Waals surface area contributed by atoms with Crippen molar-refractivity contribution >= 4 is 5.91 Å². The maximum atomic E-state index is 11.3. The summed E-state index contributed by atoms with van der Waals surface area (Å²) in [6.07, 6.45) is 7.70. The van der Waals surface area contributed by atoms with Gasteiger partial charge in [-0.3, -0.25) is 4.79 Å². The smallest absolute Gasteiger partial charge is 0.243 e. The first-order valence-corrected chi connectivity index (χ1v) is 6.93. The molecule has 0 spiro atoms. The second-order valence-electron chi connectivity index (χ2n) is 4.94. The van der Waals surface area contributed by atoms with Crippen LogP contribution in [0.5, 0.6) is 0 Å². The van der Waals surface area contributed by atoms with Crippen molar-refractivity contribution in [3.05, 3.63) is 60.4 Å². The maximum absolute atomic E-state index is 11.3. The highest BCUT2D eigenvalue weighted by atomic mass is 16.5. The number of amides is 1. The van der Waals surface area contributed by atoms with E-state index < -0.39 is 0 Å². The topological polar surface area (TPSA) is 38.3 Å². The number of rotatable bonds is 8. The van der Waals surface area contributed by atoms with Crippen molar-refractivity contribution in [1.29, 1.82) is 0 Å². The molecule has 0 aliphatic rings. The zero-order chi connectivity index (χ0) is 14.6. The van der Waals surface area contributed by atoms with Gasteiger partial charge >= 0.3 is 0 Å². The molecule has 3 nitrogen and oxygen atoms in total. The summed E-state index contributed by atoms with van der Waals surface area (Å²) < 4.78 is 5.28. The van der Waals surface area contributed by atoms with Crippen LogP contribution in [0.2, 0.25) is 0 Å². The van der Waals surface area contributed by atoms with E-state index in [0.717, 1.165) is 6.42 Å². The summed E-state index contributed by atoms with van der Waals surface area (Å²) in [7, 11) is 0. The van der Waals surface area contributed by atoms with Gasteiger partial charge in [0.1, 0.15) is 6.61 Å². The van der Waals surface area contributed by atoms with E-state index in [-0.39, 0.29) is 5.91 Å². The largest absolute Gasteiger partial charge is 0.497 e. The Morgan fingerprint density at radius 1 is 1.25 bits per heavy atom. The van der Waals surface area contributed by atoms with Gasteiger partial charge in [-0.25, -0.2) is 0 Å². The van der Waals surface area contributed by atoms with Crippen LogP contribution in [-0.2, 0) is 16.0 Å². The predicted octanol–water partition coefficient (Wildman–Crippen LogP) is 3.09. The second kappa shape index (κ2) is 9.84. The lowest BCUT2D eigenvalue weighted by Gasteiger charge is -2.04. The summed E-state index contributed by atoms with van der Waals surface area (Å²) in [6.45, 7) is 5.22. The number of benzene rings is 1. The molecule has 0 aliphatic carbocycles. The Balaban J connectivity index is 2.10. The maximum Gasteiger partial charge on any atom is 0.243 e. The molecule has 0 radical (unpaired) electrons. The van der Waals surface area contributed by atoms with Crippen LogP contribution in [0.25, 0.3) is 0 Å². The number of carbonyl (C=O) groups is 1. The van der Waals surface area contributed by atoms with Gasteiger partial charge in [-0.2, -0.15) is 0 Å². The number of allylic oxidation sites excluding steroid dienone is 1. The fourth-order valence-electron chi connectivity index (χ4n) is 1.50. The number of nitrogens with one attached hydrogen (secondary N) is 1. The standard InChI is InChI=1S/C17H23NO2/c1-15(2)14-18-17(19)11-7-13-20-12-6-10-16-8-4-3-5-9-16/h3-9,11-12,15H,10,13-14H2,1-2H3,(H,18,19)/b11-7+,12-6?. The molecule has 0 atom stereocenters. The summed E-state index contributed by atoms with van der Waals surface area (Å²) >= 11 is 0. The summed E-state index contributed by atoms with van der Waals surface area (Å²) in [5.74, 6) is 0.389. The molecule has 3 heteroatoms. The van der Waals surface area contributed by atoms with Crippen molar-refractivity contribution in [3.63, 3.8) is 0 Å². The molecule has 1 amide bonds. The molecule has 0 saturated carbocycles. The Labute approximate surface area is 121 Å². The summed E-state index contributed by atoms with van der Waals surface area (Å²) in [5.41, 5.74) is 1.25. The number of ether oxygens (including phenoxy) is 1. The van der Waals surface area contributed by atoms with Gasteiger partial charge in [-0.15, -0.1) is 0 Å². The summed E-state index contributed by atoms with van der Waals surface area (Å²) in [4.78, 5) is 11.3. The molecule has 0 bridgehead atoms. The van der Waals surface area contributed by atoms with Crippen molar-refractivity contribution < 1.29 is 9.53 Å². The molecule has 0 saturated heterocycles. The average molecular weight is 273 g/mol. The van der Waals surface area contributed by atoms with E-state index in [1.165, 1.54) is 11.6 Å². The van der Waals surface area contributed by atoms with Gasteiger partial charge in [0.15, 0.2) is 0 Å². The molecule has 0 aliphatic heterocycles. The van der Waals surface area contributed by atoms with Crippen molar-refractivity contribution in [2.45, 2.75) is 20.3 Å². The lowest BCUT2D eigenvalue weighted by atomic mass is 10.2. The van der Waals surface area contributed by atoms with Gasteiger partial charge in [0.25, 0.3) is 0 Å². The fourth-order valence-corrected chi connectivity index (χ4v) is 1.50. The zero-order valence-electron chi connectivity index (χ0n) is 12.2. The number of carbonyl (C=O) groups excluding carboxylic acids is 1. The van der Waals surface area contributed by atoms with E-state index in [0.29, 0.717) is 19.1 Å². The van der Waals surface area contributed by atoms with Crippen LogP contribution in [-0.4, -0.2) is 19.1 Å². The monoisotopic (exact) mass is 273 g/mol. The van der Waals surface area contributed by atoms with E-state index in [9.17, 15) is 4.79 Å². The molecule has 0 aromatic heterocycles. The molecule has 0 unspecified atom stereocenters. The van der Waals surface area contributed by atoms with Gasteiger partial charge in [-0.1, -0.05) is 44.2 Å². The minimum absolute atomic E-state index is 0.0736. The Hall–Kier alpha value is -2.03. The highest BCUT2D eigenvalue weighted by Gasteiger charge is 1.96. The molecule has 108 valence electrons. The molecule has 0 heterocycles. The van der Waals surface area contributed by atoms with Crippen LogP contribution < -0.4 is 5.32 Å². The Kier molecular flexibility index (Phi) is 7.89. The minimum atomic E-state index is -0.0736. The van der Waals surface area contributed by atoms with E-state index in [2.05, 4.69) is 31.3 Å². The number of hydrogen-bond donors (Lipinski definition) is 1. The van der Waals surface area contributed by atoms with Gasteiger partial charge < -0.3 is 10.1 Å². The average Bonchev–Trinajstić information content (AvgIpc) is 2.45. The van der Waals surface area contributed by atoms with Crippen LogP contribution >= 0.6 is 0 Å². The molecule has 1 N–H and O–H groups in total. The molecular weight excluding hydrogens is 250 g/mol. The SMILES string of the molecule is CC(C)CNC(=O)/C=C/COC=CCc1ccccc1. The first-order chi connectivity index (χ1) is 9.68. The first kappa shape index (κ1) is 16.0. The van der Waals surface area contributed by atoms with Gasteiger partial charge in [0.2, 0.25) is 5.91 Å². The van der Waals surface area contributed by atoms with Crippen molar-refractivity contribution in [3.8, 4) is 0 Å². The zero-order valence-corrected chi connectivity index (χ0v) is 12.2. The minimum Gasteiger partial charge on any atom is -0.497 e. The van der Waals surface area contributed by atoms with Gasteiger partial charge in [-0.05, 0) is 30.1 Å². The lowest BCUT2D eigenvalue weighted by molar-refractivity contribution is -0.116. The van der Waals surface area contributed by atoms with Crippen molar-refractivity contribution in [2.24, 2.45) is 5.92 Å².